The maximum Gasteiger partial charge on any atom is 0.303 e. The average Bonchev–Trinajstić information content (AvgIpc) is 2.59. The van der Waals surface area contributed by atoms with Crippen molar-refractivity contribution in [3.63, 3.8) is 0 Å². The van der Waals surface area contributed by atoms with Crippen molar-refractivity contribution < 1.29 is 14.7 Å². The number of carbonyl (C=O) groups excluding carboxylic acids is 1. The number of nitrogens with zero attached hydrogens (tertiary/aromatic N) is 2. The number of aliphatic carboxylic acids is 1. The van der Waals surface area contributed by atoms with Crippen LogP contribution in [0.5, 0.6) is 0 Å². The van der Waals surface area contributed by atoms with Crippen LogP contribution < -0.4 is 5.32 Å². The Balaban J connectivity index is 2.28. The summed E-state index contributed by atoms with van der Waals surface area (Å²) in [4.78, 5) is 21.6. The fourth-order valence-corrected chi connectivity index (χ4v) is 1.07. The normalized spacial score (nSPS) is 9.93. The average molecular weight is 211 g/mol. The van der Waals surface area contributed by atoms with Gasteiger partial charge in [-0.1, -0.05) is 0 Å². The summed E-state index contributed by atoms with van der Waals surface area (Å²) in [6, 6.07) is 1.60. The van der Waals surface area contributed by atoms with E-state index >= 15 is 0 Å². The number of hydrogen-bond acceptors (Lipinski definition) is 3. The van der Waals surface area contributed by atoms with Crippen molar-refractivity contribution in [2.75, 3.05) is 6.54 Å². The largest absolute Gasteiger partial charge is 0.481 e. The fraction of sp³-hybridized carbons (Fsp3) is 0.444. The zero-order valence-electron chi connectivity index (χ0n) is 8.43. The number of aryl methyl sites for hydroxylation is 1. The minimum Gasteiger partial charge on any atom is -0.481 e. The molecule has 0 saturated heterocycles. The summed E-state index contributed by atoms with van der Waals surface area (Å²) in [5.41, 5.74) is 0.341. The summed E-state index contributed by atoms with van der Waals surface area (Å²) in [6.45, 7) is 0.349. The van der Waals surface area contributed by atoms with Crippen LogP contribution in [0, 0.1) is 0 Å². The van der Waals surface area contributed by atoms with Gasteiger partial charge >= 0.3 is 5.97 Å². The third kappa shape index (κ3) is 3.80. The Hall–Kier alpha value is -1.85. The Labute approximate surface area is 86.9 Å². The van der Waals surface area contributed by atoms with Gasteiger partial charge in [-0.3, -0.25) is 14.3 Å². The first-order chi connectivity index (χ1) is 7.09. The van der Waals surface area contributed by atoms with Gasteiger partial charge in [0, 0.05) is 26.2 Å². The van der Waals surface area contributed by atoms with E-state index in [9.17, 15) is 9.59 Å². The zero-order chi connectivity index (χ0) is 11.3. The smallest absolute Gasteiger partial charge is 0.303 e. The summed E-state index contributed by atoms with van der Waals surface area (Å²) in [6.07, 6.45) is 2.16. The topological polar surface area (TPSA) is 84.2 Å². The van der Waals surface area contributed by atoms with Crippen LogP contribution in [0.25, 0.3) is 0 Å². The number of rotatable bonds is 5. The highest BCUT2D eigenvalue weighted by Gasteiger charge is 2.07. The standard InChI is InChI=1S/C9H13N3O3/c1-12-6-4-7(11-12)9(15)10-5-2-3-8(13)14/h4,6H,2-3,5H2,1H3,(H,10,15)(H,13,14). The maximum atomic E-state index is 11.4. The second-order valence-electron chi connectivity index (χ2n) is 3.13. The zero-order valence-corrected chi connectivity index (χ0v) is 8.43. The second-order valence-corrected chi connectivity index (χ2v) is 3.13. The summed E-state index contributed by atoms with van der Waals surface area (Å²) >= 11 is 0. The van der Waals surface area contributed by atoms with Gasteiger partial charge in [0.05, 0.1) is 0 Å². The van der Waals surface area contributed by atoms with Crippen molar-refractivity contribution in [3.05, 3.63) is 18.0 Å². The minimum atomic E-state index is -0.859. The molecular formula is C9H13N3O3. The van der Waals surface area contributed by atoms with E-state index in [-0.39, 0.29) is 12.3 Å². The molecule has 0 aliphatic heterocycles. The van der Waals surface area contributed by atoms with Crippen molar-refractivity contribution in [1.82, 2.24) is 15.1 Å². The third-order valence-electron chi connectivity index (χ3n) is 1.80. The van der Waals surface area contributed by atoms with Gasteiger partial charge in [0.25, 0.3) is 5.91 Å². The molecule has 1 amide bonds. The van der Waals surface area contributed by atoms with Crippen LogP contribution in [0.15, 0.2) is 12.3 Å². The minimum absolute atomic E-state index is 0.0580. The fourth-order valence-electron chi connectivity index (χ4n) is 1.07. The van der Waals surface area contributed by atoms with E-state index in [0.29, 0.717) is 18.7 Å². The Bertz CT molecular complexity index is 359. The van der Waals surface area contributed by atoms with Crippen LogP contribution in [-0.4, -0.2) is 33.3 Å². The summed E-state index contributed by atoms with van der Waals surface area (Å²) in [5.74, 6) is -1.14. The second kappa shape index (κ2) is 5.14. The van der Waals surface area contributed by atoms with Crippen LogP contribution >= 0.6 is 0 Å². The molecule has 0 unspecified atom stereocenters. The summed E-state index contributed by atoms with van der Waals surface area (Å²) in [7, 11) is 1.72. The molecule has 15 heavy (non-hydrogen) atoms. The lowest BCUT2D eigenvalue weighted by Gasteiger charge is -2.00. The molecule has 0 saturated carbocycles. The molecule has 0 atom stereocenters. The van der Waals surface area contributed by atoms with Crippen molar-refractivity contribution in [3.8, 4) is 0 Å². The van der Waals surface area contributed by atoms with E-state index in [1.165, 1.54) is 4.68 Å². The van der Waals surface area contributed by atoms with Crippen LogP contribution in [0.4, 0.5) is 0 Å². The molecule has 0 aliphatic carbocycles. The van der Waals surface area contributed by atoms with Crippen molar-refractivity contribution in [2.45, 2.75) is 12.8 Å². The molecule has 2 N–H and O–H groups in total. The van der Waals surface area contributed by atoms with Gasteiger partial charge in [0.1, 0.15) is 5.69 Å². The number of carboxylic acids is 1. The van der Waals surface area contributed by atoms with Gasteiger partial charge in [-0.2, -0.15) is 5.10 Å². The number of amides is 1. The highest BCUT2D eigenvalue weighted by atomic mass is 16.4. The van der Waals surface area contributed by atoms with Gasteiger partial charge in [-0.15, -0.1) is 0 Å². The first-order valence-corrected chi connectivity index (χ1v) is 4.59. The van der Waals surface area contributed by atoms with Crippen LogP contribution in [0.1, 0.15) is 23.3 Å². The third-order valence-corrected chi connectivity index (χ3v) is 1.80. The molecule has 1 rings (SSSR count). The molecule has 6 nitrogen and oxygen atoms in total. The lowest BCUT2D eigenvalue weighted by Crippen LogP contribution is -2.25. The number of carbonyl (C=O) groups is 2. The van der Waals surface area contributed by atoms with Crippen molar-refractivity contribution in [2.24, 2.45) is 7.05 Å². The molecule has 0 fully saturated rings. The molecule has 0 aromatic carbocycles. The Kier molecular flexibility index (Phi) is 3.84. The maximum absolute atomic E-state index is 11.4. The van der Waals surface area contributed by atoms with Gasteiger partial charge < -0.3 is 10.4 Å². The number of hydrogen-bond donors (Lipinski definition) is 2. The predicted molar refractivity (Wildman–Crippen MR) is 52.4 cm³/mol. The van der Waals surface area contributed by atoms with Crippen molar-refractivity contribution >= 4 is 11.9 Å². The van der Waals surface area contributed by atoms with E-state index in [0.717, 1.165) is 0 Å². The Morgan fingerprint density at radius 3 is 2.87 bits per heavy atom. The molecule has 6 heteroatoms. The number of carboxylic acid groups (broad SMARTS) is 1. The van der Waals surface area contributed by atoms with E-state index in [2.05, 4.69) is 10.4 Å². The lowest BCUT2D eigenvalue weighted by molar-refractivity contribution is -0.137. The molecule has 1 aromatic rings. The van der Waals surface area contributed by atoms with Crippen molar-refractivity contribution in [1.29, 1.82) is 0 Å². The Morgan fingerprint density at radius 2 is 2.33 bits per heavy atom. The summed E-state index contributed by atoms with van der Waals surface area (Å²) in [5, 5.41) is 14.9. The number of aromatic nitrogens is 2. The van der Waals surface area contributed by atoms with Crippen LogP contribution in [0.3, 0.4) is 0 Å². The number of nitrogens with one attached hydrogen (secondary N) is 1. The van der Waals surface area contributed by atoms with Crippen LogP contribution in [0.2, 0.25) is 0 Å². The van der Waals surface area contributed by atoms with E-state index in [1.54, 1.807) is 19.3 Å². The first kappa shape index (κ1) is 11.2. The molecule has 0 spiro atoms. The molecular weight excluding hydrogens is 198 g/mol. The highest BCUT2D eigenvalue weighted by Crippen LogP contribution is 1.94. The quantitative estimate of drug-likeness (QED) is 0.672. The van der Waals surface area contributed by atoms with Gasteiger partial charge in [-0.05, 0) is 12.5 Å². The molecule has 0 aliphatic rings. The van der Waals surface area contributed by atoms with E-state index < -0.39 is 5.97 Å². The molecule has 1 aromatic heterocycles. The first-order valence-electron chi connectivity index (χ1n) is 4.59. The Morgan fingerprint density at radius 1 is 1.60 bits per heavy atom. The lowest BCUT2D eigenvalue weighted by atomic mass is 10.3. The van der Waals surface area contributed by atoms with E-state index in [4.69, 9.17) is 5.11 Å². The van der Waals surface area contributed by atoms with Crippen LogP contribution in [-0.2, 0) is 11.8 Å². The molecule has 1 heterocycles. The van der Waals surface area contributed by atoms with Gasteiger partial charge in [0.15, 0.2) is 0 Å². The molecule has 0 bridgehead atoms. The monoisotopic (exact) mass is 211 g/mol. The molecule has 82 valence electrons. The SMILES string of the molecule is Cn1ccc(C(=O)NCCCC(=O)O)n1. The van der Waals surface area contributed by atoms with Gasteiger partial charge in [-0.25, -0.2) is 0 Å². The van der Waals surface area contributed by atoms with Gasteiger partial charge in [0.2, 0.25) is 0 Å². The predicted octanol–water partition coefficient (Wildman–Crippen LogP) is 0.0147. The summed E-state index contributed by atoms with van der Waals surface area (Å²) < 4.78 is 1.53. The molecule has 0 radical (unpaired) electrons. The van der Waals surface area contributed by atoms with E-state index in [1.807, 2.05) is 0 Å². The highest BCUT2D eigenvalue weighted by molar-refractivity contribution is 5.92.